The van der Waals surface area contributed by atoms with Crippen molar-refractivity contribution < 1.29 is 9.59 Å². The van der Waals surface area contributed by atoms with Gasteiger partial charge in [0.15, 0.2) is 0 Å². The molecule has 0 atom stereocenters. The second-order valence-corrected chi connectivity index (χ2v) is 6.79. The van der Waals surface area contributed by atoms with Gasteiger partial charge >= 0.3 is 0 Å². The van der Waals surface area contributed by atoms with E-state index < -0.39 is 0 Å². The van der Waals surface area contributed by atoms with Gasteiger partial charge in [-0.3, -0.25) is 9.59 Å². The number of nitrogens with one attached hydrogen (secondary N) is 1. The molecule has 0 spiro atoms. The summed E-state index contributed by atoms with van der Waals surface area (Å²) in [5.74, 6) is -0.430. The van der Waals surface area contributed by atoms with Crippen LogP contribution in [0.3, 0.4) is 0 Å². The number of benzene rings is 2. The van der Waals surface area contributed by atoms with Gasteiger partial charge in [-0.2, -0.15) is 0 Å². The molecule has 5 nitrogen and oxygen atoms in total. The zero-order valence-corrected chi connectivity index (χ0v) is 16.4. The Morgan fingerprint density at radius 3 is 2.08 bits per heavy atom. The first-order valence-electron chi connectivity index (χ1n) is 8.09. The molecule has 0 unspecified atom stereocenters. The largest absolute Gasteiger partial charge is 0.378 e. The molecule has 0 bridgehead atoms. The van der Waals surface area contributed by atoms with Gasteiger partial charge in [0.1, 0.15) is 0 Å². The molecule has 0 aliphatic carbocycles. The first-order chi connectivity index (χ1) is 12.3. The van der Waals surface area contributed by atoms with E-state index in [9.17, 15) is 9.59 Å². The third kappa shape index (κ3) is 5.13. The number of anilines is 3. The Bertz CT molecular complexity index is 772. The zero-order chi connectivity index (χ0) is 19.3. The fourth-order valence-corrected chi connectivity index (χ4v) is 3.05. The lowest BCUT2D eigenvalue weighted by molar-refractivity contribution is -0.117. The Kier molecular flexibility index (Phi) is 6.89. The van der Waals surface area contributed by atoms with E-state index in [4.69, 9.17) is 23.2 Å². The highest BCUT2D eigenvalue weighted by molar-refractivity contribution is 6.39. The molecule has 0 saturated carbocycles. The molecule has 0 radical (unpaired) electrons. The highest BCUT2D eigenvalue weighted by Gasteiger charge is 2.19. The molecule has 2 rings (SSSR count). The maximum absolute atomic E-state index is 12.2. The fraction of sp³-hybridized carbons (Fsp3) is 0.263. The van der Waals surface area contributed by atoms with E-state index in [-0.39, 0.29) is 24.8 Å². The molecule has 1 N–H and O–H groups in total. The maximum atomic E-state index is 12.2. The number of halogens is 2. The number of carbonyl (C=O) groups excluding carboxylic acids is 2. The standard InChI is InChI=1S/C19H21Cl2N3O2/c1-13(25)24(19-16(20)5-4-6-17(19)21)12-11-18(26)22-14-7-9-15(10-8-14)23(2)3/h4-10H,11-12H2,1-3H3,(H,22,26). The second kappa shape index (κ2) is 8.92. The van der Waals surface area contributed by atoms with Crippen LogP contribution in [-0.4, -0.2) is 32.5 Å². The number of hydrogen-bond donors (Lipinski definition) is 1. The van der Waals surface area contributed by atoms with E-state index in [0.717, 1.165) is 5.69 Å². The summed E-state index contributed by atoms with van der Waals surface area (Å²) in [4.78, 5) is 27.6. The molecule has 0 fully saturated rings. The van der Waals surface area contributed by atoms with Crippen molar-refractivity contribution in [1.82, 2.24) is 0 Å². The minimum atomic E-state index is -0.233. The molecular formula is C19H21Cl2N3O2. The minimum Gasteiger partial charge on any atom is -0.378 e. The van der Waals surface area contributed by atoms with E-state index in [1.807, 2.05) is 43.3 Å². The third-order valence-electron chi connectivity index (χ3n) is 3.82. The minimum absolute atomic E-state index is 0.122. The van der Waals surface area contributed by atoms with Crippen LogP contribution >= 0.6 is 23.2 Å². The van der Waals surface area contributed by atoms with Crippen LogP contribution in [-0.2, 0) is 9.59 Å². The van der Waals surface area contributed by atoms with Gasteiger partial charge in [0.2, 0.25) is 11.8 Å². The molecule has 2 amide bonds. The van der Waals surface area contributed by atoms with Crippen molar-refractivity contribution in [2.75, 3.05) is 35.8 Å². The Balaban J connectivity index is 2.03. The second-order valence-electron chi connectivity index (χ2n) is 5.98. The summed E-state index contributed by atoms with van der Waals surface area (Å²) in [6, 6.07) is 12.5. The number of amides is 2. The third-order valence-corrected chi connectivity index (χ3v) is 4.43. The van der Waals surface area contributed by atoms with Crippen LogP contribution in [0, 0.1) is 0 Å². The van der Waals surface area contributed by atoms with Gasteiger partial charge in [0, 0.05) is 45.4 Å². The van der Waals surface area contributed by atoms with Crippen molar-refractivity contribution in [3.8, 4) is 0 Å². The molecular weight excluding hydrogens is 373 g/mol. The number of hydrogen-bond acceptors (Lipinski definition) is 3. The number of para-hydroxylation sites is 1. The van der Waals surface area contributed by atoms with Crippen molar-refractivity contribution in [2.24, 2.45) is 0 Å². The Labute approximate surface area is 163 Å². The highest BCUT2D eigenvalue weighted by Crippen LogP contribution is 2.33. The lowest BCUT2D eigenvalue weighted by Gasteiger charge is -2.23. The van der Waals surface area contributed by atoms with Gasteiger partial charge in [-0.25, -0.2) is 0 Å². The van der Waals surface area contributed by atoms with Gasteiger partial charge in [0.25, 0.3) is 0 Å². The number of nitrogens with zero attached hydrogens (tertiary/aromatic N) is 2. The van der Waals surface area contributed by atoms with Gasteiger partial charge < -0.3 is 15.1 Å². The summed E-state index contributed by atoms with van der Waals surface area (Å²) < 4.78 is 0. The monoisotopic (exact) mass is 393 g/mol. The summed E-state index contributed by atoms with van der Waals surface area (Å²) in [6.07, 6.45) is 0.122. The molecule has 26 heavy (non-hydrogen) atoms. The maximum Gasteiger partial charge on any atom is 0.226 e. The van der Waals surface area contributed by atoms with E-state index >= 15 is 0 Å². The zero-order valence-electron chi connectivity index (χ0n) is 14.9. The average molecular weight is 394 g/mol. The van der Waals surface area contributed by atoms with E-state index in [1.165, 1.54) is 11.8 Å². The molecule has 0 saturated heterocycles. The average Bonchev–Trinajstić information content (AvgIpc) is 2.57. The van der Waals surface area contributed by atoms with Crippen LogP contribution in [0.1, 0.15) is 13.3 Å². The van der Waals surface area contributed by atoms with Crippen LogP contribution in [0.15, 0.2) is 42.5 Å². The van der Waals surface area contributed by atoms with Crippen LogP contribution in [0.2, 0.25) is 10.0 Å². The summed E-state index contributed by atoms with van der Waals surface area (Å²) in [7, 11) is 3.90. The summed E-state index contributed by atoms with van der Waals surface area (Å²) in [5.41, 5.74) is 2.16. The van der Waals surface area contributed by atoms with Crippen molar-refractivity contribution >= 4 is 52.1 Å². The highest BCUT2D eigenvalue weighted by atomic mass is 35.5. The summed E-state index contributed by atoms with van der Waals surface area (Å²) >= 11 is 12.3. The van der Waals surface area contributed by atoms with Gasteiger partial charge in [0.05, 0.1) is 15.7 Å². The number of carbonyl (C=O) groups is 2. The van der Waals surface area contributed by atoms with Crippen molar-refractivity contribution in [3.63, 3.8) is 0 Å². The van der Waals surface area contributed by atoms with Crippen molar-refractivity contribution in [1.29, 1.82) is 0 Å². The summed E-state index contributed by atoms with van der Waals surface area (Å²) in [6.45, 7) is 1.60. The normalized spacial score (nSPS) is 10.3. The molecule has 7 heteroatoms. The predicted molar refractivity (Wildman–Crippen MR) is 109 cm³/mol. The molecule has 0 aromatic heterocycles. The van der Waals surface area contributed by atoms with E-state index in [0.29, 0.717) is 21.4 Å². The summed E-state index contributed by atoms with van der Waals surface area (Å²) in [5, 5.41) is 3.56. The quantitative estimate of drug-likeness (QED) is 0.788. The van der Waals surface area contributed by atoms with Gasteiger partial charge in [-0.05, 0) is 36.4 Å². The topological polar surface area (TPSA) is 52.7 Å². The van der Waals surface area contributed by atoms with Crippen molar-refractivity contribution in [3.05, 3.63) is 52.5 Å². The van der Waals surface area contributed by atoms with Crippen LogP contribution < -0.4 is 15.1 Å². The Morgan fingerprint density at radius 1 is 1.00 bits per heavy atom. The lowest BCUT2D eigenvalue weighted by Crippen LogP contribution is -2.32. The Hall–Kier alpha value is -2.24. The molecule has 2 aromatic carbocycles. The smallest absolute Gasteiger partial charge is 0.226 e. The first kappa shape index (κ1) is 20.1. The number of rotatable bonds is 6. The van der Waals surface area contributed by atoms with Crippen LogP contribution in [0.5, 0.6) is 0 Å². The lowest BCUT2D eigenvalue weighted by atomic mass is 10.2. The van der Waals surface area contributed by atoms with Crippen molar-refractivity contribution in [2.45, 2.75) is 13.3 Å². The van der Waals surface area contributed by atoms with E-state index in [2.05, 4.69) is 5.32 Å². The Morgan fingerprint density at radius 2 is 1.58 bits per heavy atom. The van der Waals surface area contributed by atoms with Gasteiger partial charge in [-0.15, -0.1) is 0 Å². The molecule has 2 aromatic rings. The fourth-order valence-electron chi connectivity index (χ4n) is 2.45. The molecule has 0 aliphatic heterocycles. The first-order valence-corrected chi connectivity index (χ1v) is 8.84. The molecule has 0 heterocycles. The van der Waals surface area contributed by atoms with Crippen LogP contribution in [0.4, 0.5) is 17.1 Å². The van der Waals surface area contributed by atoms with Gasteiger partial charge in [-0.1, -0.05) is 29.3 Å². The van der Waals surface area contributed by atoms with Crippen LogP contribution in [0.25, 0.3) is 0 Å². The SMILES string of the molecule is CC(=O)N(CCC(=O)Nc1ccc(N(C)C)cc1)c1c(Cl)cccc1Cl. The molecule has 138 valence electrons. The molecule has 0 aliphatic rings. The van der Waals surface area contributed by atoms with E-state index in [1.54, 1.807) is 18.2 Å². The predicted octanol–water partition coefficient (Wildman–Crippen LogP) is 4.44.